The Labute approximate surface area is 168 Å². The highest BCUT2D eigenvalue weighted by molar-refractivity contribution is 6.11. The van der Waals surface area contributed by atoms with Crippen LogP contribution >= 0.6 is 0 Å². The molecule has 29 heavy (non-hydrogen) atoms. The van der Waals surface area contributed by atoms with Crippen molar-refractivity contribution in [3.63, 3.8) is 0 Å². The van der Waals surface area contributed by atoms with Gasteiger partial charge in [-0.1, -0.05) is 30.3 Å². The Morgan fingerprint density at radius 2 is 1.72 bits per heavy atom. The van der Waals surface area contributed by atoms with Crippen LogP contribution in [0.5, 0.6) is 0 Å². The quantitative estimate of drug-likeness (QED) is 0.786. The molecule has 4 amide bonds. The van der Waals surface area contributed by atoms with E-state index in [1.807, 2.05) is 24.3 Å². The largest absolute Gasteiger partial charge is 0.350 e. The zero-order valence-corrected chi connectivity index (χ0v) is 15.9. The van der Waals surface area contributed by atoms with Crippen molar-refractivity contribution in [3.8, 4) is 0 Å². The predicted octanol–water partition coefficient (Wildman–Crippen LogP) is 1.65. The zero-order chi connectivity index (χ0) is 20.4. The molecule has 7 heteroatoms. The van der Waals surface area contributed by atoms with Crippen LogP contribution in [0, 0.1) is 0 Å². The summed E-state index contributed by atoms with van der Waals surface area (Å²) in [6.45, 7) is 0.710. The number of fused-ring (bicyclic) bond motifs is 1. The van der Waals surface area contributed by atoms with Gasteiger partial charge in [-0.05, 0) is 35.7 Å². The average Bonchev–Trinajstić information content (AvgIpc) is 3.16. The molecular weight excluding hydrogens is 370 g/mol. The minimum atomic E-state index is -0.438. The number of nitrogens with zero attached hydrogens (tertiary/aromatic N) is 2. The maximum Gasteiger partial charge on any atom is 0.261 e. The Morgan fingerprint density at radius 1 is 0.966 bits per heavy atom. The molecule has 2 aromatic carbocycles. The maximum atomic E-state index is 12.5. The van der Waals surface area contributed by atoms with Crippen LogP contribution in [-0.4, -0.2) is 41.6 Å². The van der Waals surface area contributed by atoms with Crippen LogP contribution in [0.2, 0.25) is 0 Å². The van der Waals surface area contributed by atoms with E-state index in [1.165, 1.54) is 0 Å². The van der Waals surface area contributed by atoms with E-state index < -0.39 is 11.8 Å². The highest BCUT2D eigenvalue weighted by Gasteiger charge is 2.31. The molecular formula is C22H21N3O4. The number of rotatable bonds is 5. The summed E-state index contributed by atoms with van der Waals surface area (Å²) < 4.78 is 0. The fourth-order valence-electron chi connectivity index (χ4n) is 3.68. The number of hydrogen-bond donors (Lipinski definition) is 1. The summed E-state index contributed by atoms with van der Waals surface area (Å²) in [7, 11) is 0. The predicted molar refractivity (Wildman–Crippen MR) is 106 cm³/mol. The number of benzene rings is 2. The lowest BCUT2D eigenvalue weighted by Gasteiger charge is -2.26. The Hall–Kier alpha value is -3.48. The van der Waals surface area contributed by atoms with Gasteiger partial charge in [-0.2, -0.15) is 0 Å². The third-order valence-corrected chi connectivity index (χ3v) is 5.25. The average molecular weight is 391 g/mol. The van der Waals surface area contributed by atoms with Crippen molar-refractivity contribution < 1.29 is 19.2 Å². The van der Waals surface area contributed by atoms with E-state index in [1.54, 1.807) is 29.2 Å². The molecule has 0 spiro atoms. The van der Waals surface area contributed by atoms with Crippen LogP contribution < -0.4 is 10.2 Å². The molecule has 7 nitrogen and oxygen atoms in total. The summed E-state index contributed by atoms with van der Waals surface area (Å²) in [5.74, 6) is -1.08. The van der Waals surface area contributed by atoms with Crippen molar-refractivity contribution in [1.82, 2.24) is 10.2 Å². The lowest BCUT2D eigenvalue weighted by atomic mass is 9.98. The number of carbonyl (C=O) groups excluding carboxylic acids is 4. The highest BCUT2D eigenvalue weighted by atomic mass is 16.2. The number of amides is 4. The van der Waals surface area contributed by atoms with Gasteiger partial charge < -0.3 is 10.2 Å². The lowest BCUT2D eigenvalue weighted by Crippen LogP contribution is -2.47. The molecule has 0 unspecified atom stereocenters. The number of nitrogens with one attached hydrogen (secondary N) is 1. The lowest BCUT2D eigenvalue weighted by molar-refractivity contribution is -0.133. The van der Waals surface area contributed by atoms with Crippen molar-refractivity contribution in [2.24, 2.45) is 0 Å². The molecule has 1 saturated heterocycles. The fraction of sp³-hybridized carbons (Fsp3) is 0.273. The van der Waals surface area contributed by atoms with Gasteiger partial charge in [-0.15, -0.1) is 0 Å². The molecule has 4 rings (SSSR count). The fourth-order valence-corrected chi connectivity index (χ4v) is 3.68. The van der Waals surface area contributed by atoms with Crippen LogP contribution in [0.4, 0.5) is 5.69 Å². The van der Waals surface area contributed by atoms with E-state index in [2.05, 4.69) is 5.32 Å². The van der Waals surface area contributed by atoms with Crippen molar-refractivity contribution >= 4 is 29.3 Å². The number of hydrogen-bond acceptors (Lipinski definition) is 4. The number of carbonyl (C=O) groups is 4. The van der Waals surface area contributed by atoms with E-state index in [-0.39, 0.29) is 31.3 Å². The molecule has 1 N–H and O–H groups in total. The van der Waals surface area contributed by atoms with Gasteiger partial charge in [-0.3, -0.25) is 24.1 Å². The topological polar surface area (TPSA) is 86.8 Å². The van der Waals surface area contributed by atoms with Gasteiger partial charge in [0.1, 0.15) is 6.54 Å². The molecule has 0 aromatic heterocycles. The molecule has 2 aromatic rings. The highest BCUT2D eigenvalue weighted by Crippen LogP contribution is 2.22. The van der Waals surface area contributed by atoms with Gasteiger partial charge in [0.15, 0.2) is 0 Å². The second-order valence-electron chi connectivity index (χ2n) is 7.21. The Kier molecular flexibility index (Phi) is 5.12. The first-order chi connectivity index (χ1) is 14.0. The third kappa shape index (κ3) is 3.89. The first kappa shape index (κ1) is 18.9. The molecule has 0 atom stereocenters. The first-order valence-electron chi connectivity index (χ1n) is 9.61. The summed E-state index contributed by atoms with van der Waals surface area (Å²) in [5, 5.41) is 2.74. The van der Waals surface area contributed by atoms with Crippen LogP contribution in [0.3, 0.4) is 0 Å². The van der Waals surface area contributed by atoms with Gasteiger partial charge in [0.05, 0.1) is 6.42 Å². The number of anilines is 1. The van der Waals surface area contributed by atoms with Gasteiger partial charge in [0.2, 0.25) is 17.7 Å². The number of imide groups is 1. The summed E-state index contributed by atoms with van der Waals surface area (Å²) in [6, 6.07) is 14.4. The van der Waals surface area contributed by atoms with E-state index in [9.17, 15) is 19.2 Å². The minimum Gasteiger partial charge on any atom is -0.350 e. The van der Waals surface area contributed by atoms with Crippen molar-refractivity contribution in [2.75, 3.05) is 18.0 Å². The van der Waals surface area contributed by atoms with Crippen LogP contribution in [0.25, 0.3) is 0 Å². The Balaban J connectivity index is 1.34. The molecule has 2 aliphatic heterocycles. The molecule has 0 saturated carbocycles. The zero-order valence-electron chi connectivity index (χ0n) is 15.9. The second kappa shape index (κ2) is 7.87. The van der Waals surface area contributed by atoms with Crippen LogP contribution in [0.15, 0.2) is 48.5 Å². The van der Waals surface area contributed by atoms with Gasteiger partial charge >= 0.3 is 0 Å². The van der Waals surface area contributed by atoms with Gasteiger partial charge in [0, 0.05) is 30.8 Å². The molecule has 1 fully saturated rings. The minimum absolute atomic E-state index is 0.117. The summed E-state index contributed by atoms with van der Waals surface area (Å²) >= 11 is 0. The van der Waals surface area contributed by atoms with Crippen molar-refractivity contribution in [1.29, 1.82) is 0 Å². The van der Waals surface area contributed by atoms with Crippen molar-refractivity contribution in [2.45, 2.75) is 25.8 Å². The standard InChI is InChI=1S/C22H21N3O4/c26-19(14-25-21(28)12-16-4-1-2-5-18(16)22(25)29)23-13-15-7-9-17(10-8-15)24-11-3-6-20(24)27/h1-2,4-5,7-10H,3,6,11-14H2,(H,23,26). The van der Waals surface area contributed by atoms with Crippen molar-refractivity contribution in [3.05, 3.63) is 65.2 Å². The molecule has 0 bridgehead atoms. The summed E-state index contributed by atoms with van der Waals surface area (Å²) in [5.41, 5.74) is 2.88. The van der Waals surface area contributed by atoms with E-state index >= 15 is 0 Å². The third-order valence-electron chi connectivity index (χ3n) is 5.25. The smallest absolute Gasteiger partial charge is 0.261 e. The summed E-state index contributed by atoms with van der Waals surface area (Å²) in [4.78, 5) is 51.6. The molecule has 2 aliphatic rings. The normalized spacial score (nSPS) is 16.2. The van der Waals surface area contributed by atoms with E-state index in [0.717, 1.165) is 29.1 Å². The molecule has 2 heterocycles. The maximum absolute atomic E-state index is 12.5. The summed E-state index contributed by atoms with van der Waals surface area (Å²) in [6.07, 6.45) is 1.57. The molecule has 0 radical (unpaired) electrons. The van der Waals surface area contributed by atoms with Crippen LogP contribution in [-0.2, 0) is 27.3 Å². The van der Waals surface area contributed by atoms with E-state index in [0.29, 0.717) is 17.5 Å². The Bertz CT molecular complexity index is 984. The SMILES string of the molecule is O=C(CN1C(=O)Cc2ccccc2C1=O)NCc1ccc(N2CCCC2=O)cc1. The van der Waals surface area contributed by atoms with Gasteiger partial charge in [-0.25, -0.2) is 0 Å². The monoisotopic (exact) mass is 391 g/mol. The van der Waals surface area contributed by atoms with Gasteiger partial charge in [0.25, 0.3) is 5.91 Å². The van der Waals surface area contributed by atoms with Crippen LogP contribution in [0.1, 0.15) is 34.3 Å². The second-order valence-corrected chi connectivity index (χ2v) is 7.21. The van der Waals surface area contributed by atoms with E-state index in [4.69, 9.17) is 0 Å². The molecule has 0 aliphatic carbocycles. The Morgan fingerprint density at radius 3 is 2.45 bits per heavy atom. The first-order valence-corrected chi connectivity index (χ1v) is 9.61. The molecule has 148 valence electrons.